The van der Waals surface area contributed by atoms with Crippen molar-refractivity contribution in [2.45, 2.75) is 51.5 Å². The van der Waals surface area contributed by atoms with E-state index in [4.69, 9.17) is 14.2 Å². The Balaban J connectivity index is 1.71. The van der Waals surface area contributed by atoms with Gasteiger partial charge in [0.2, 0.25) is 5.91 Å². The lowest BCUT2D eigenvalue weighted by atomic mass is 10.0. The fraction of sp³-hybridized carbons (Fsp3) is 0.619. The van der Waals surface area contributed by atoms with Gasteiger partial charge in [0, 0.05) is 25.6 Å². The van der Waals surface area contributed by atoms with Crippen LogP contribution in [-0.2, 0) is 16.0 Å². The van der Waals surface area contributed by atoms with Gasteiger partial charge in [0.1, 0.15) is 0 Å². The maximum absolute atomic E-state index is 12.3. The molecule has 7 heteroatoms. The predicted octanol–water partition coefficient (Wildman–Crippen LogP) is 3.15. The zero-order valence-corrected chi connectivity index (χ0v) is 17.2. The first-order valence-electron chi connectivity index (χ1n) is 9.99. The maximum atomic E-state index is 12.3. The van der Waals surface area contributed by atoms with Crippen molar-refractivity contribution in [3.63, 3.8) is 0 Å². The number of nitrogens with one attached hydrogen (secondary N) is 1. The van der Waals surface area contributed by atoms with Crippen LogP contribution in [-0.4, -0.2) is 56.9 Å². The quantitative estimate of drug-likeness (QED) is 0.653. The van der Waals surface area contributed by atoms with Crippen molar-refractivity contribution in [1.29, 1.82) is 0 Å². The van der Waals surface area contributed by atoms with Crippen molar-refractivity contribution < 1.29 is 23.8 Å². The van der Waals surface area contributed by atoms with E-state index in [2.05, 4.69) is 12.2 Å². The van der Waals surface area contributed by atoms with Crippen molar-refractivity contribution in [3.8, 4) is 11.5 Å². The van der Waals surface area contributed by atoms with Crippen molar-refractivity contribution in [2.75, 3.05) is 33.9 Å². The molecule has 28 heavy (non-hydrogen) atoms. The van der Waals surface area contributed by atoms with E-state index < -0.39 is 0 Å². The van der Waals surface area contributed by atoms with Gasteiger partial charge >= 0.3 is 6.09 Å². The van der Waals surface area contributed by atoms with Crippen LogP contribution in [0.4, 0.5) is 4.79 Å². The van der Waals surface area contributed by atoms with E-state index in [-0.39, 0.29) is 18.0 Å². The van der Waals surface area contributed by atoms with Crippen LogP contribution in [0.2, 0.25) is 0 Å². The fourth-order valence-corrected chi connectivity index (χ4v) is 3.20. The van der Waals surface area contributed by atoms with Gasteiger partial charge in [-0.25, -0.2) is 4.79 Å². The molecule has 1 saturated heterocycles. The van der Waals surface area contributed by atoms with E-state index in [9.17, 15) is 9.59 Å². The number of amides is 2. The summed E-state index contributed by atoms with van der Waals surface area (Å²) in [6.45, 7) is 3.77. The normalized spacial score (nSPS) is 14.5. The van der Waals surface area contributed by atoms with Crippen LogP contribution >= 0.6 is 0 Å². The summed E-state index contributed by atoms with van der Waals surface area (Å²) in [5.41, 5.74) is 1.03. The van der Waals surface area contributed by atoms with Gasteiger partial charge in [-0.05, 0) is 43.4 Å². The number of nitrogens with zero attached hydrogens (tertiary/aromatic N) is 1. The number of benzene rings is 1. The highest BCUT2D eigenvalue weighted by Gasteiger charge is 2.24. The van der Waals surface area contributed by atoms with Crippen LogP contribution in [0.5, 0.6) is 11.5 Å². The number of carbonyl (C=O) groups excluding carboxylic acids is 2. The van der Waals surface area contributed by atoms with Gasteiger partial charge in [-0.3, -0.25) is 4.79 Å². The highest BCUT2D eigenvalue weighted by molar-refractivity contribution is 5.76. The molecule has 156 valence electrons. The second kappa shape index (κ2) is 11.4. The minimum absolute atomic E-state index is 0.0266. The number of methoxy groups -OCH3 is 2. The average molecular weight is 392 g/mol. The molecule has 1 heterocycles. The number of rotatable bonds is 9. The molecule has 1 aliphatic rings. The molecule has 1 N–H and O–H groups in total. The van der Waals surface area contributed by atoms with Gasteiger partial charge in [0.25, 0.3) is 0 Å². The van der Waals surface area contributed by atoms with Gasteiger partial charge < -0.3 is 24.4 Å². The van der Waals surface area contributed by atoms with Gasteiger partial charge in [-0.15, -0.1) is 0 Å². The largest absolute Gasteiger partial charge is 0.493 e. The van der Waals surface area contributed by atoms with Gasteiger partial charge in [0.05, 0.1) is 20.8 Å². The number of carbonyl (C=O) groups is 2. The molecule has 1 aliphatic heterocycles. The molecule has 0 bridgehead atoms. The van der Waals surface area contributed by atoms with Crippen LogP contribution in [0.3, 0.4) is 0 Å². The number of unbranched alkanes of at least 4 members (excludes halogenated alkanes) is 1. The Morgan fingerprint density at radius 1 is 1.14 bits per heavy atom. The minimum Gasteiger partial charge on any atom is -0.493 e. The lowest BCUT2D eigenvalue weighted by Crippen LogP contribution is -2.46. The summed E-state index contributed by atoms with van der Waals surface area (Å²) >= 11 is 0. The van der Waals surface area contributed by atoms with Crippen LogP contribution in [0, 0.1) is 0 Å². The van der Waals surface area contributed by atoms with Crippen LogP contribution in [0.1, 0.15) is 44.6 Å². The number of aryl methyl sites for hydroxylation is 1. The van der Waals surface area contributed by atoms with E-state index in [1.807, 2.05) is 18.2 Å². The van der Waals surface area contributed by atoms with Crippen LogP contribution in [0.25, 0.3) is 0 Å². The van der Waals surface area contributed by atoms with Crippen LogP contribution in [0.15, 0.2) is 18.2 Å². The zero-order valence-electron chi connectivity index (χ0n) is 17.2. The molecule has 0 atom stereocenters. The third kappa shape index (κ3) is 6.62. The molecular formula is C21H32N2O5. The molecule has 1 fully saturated rings. The third-order valence-electron chi connectivity index (χ3n) is 4.93. The summed E-state index contributed by atoms with van der Waals surface area (Å²) in [6, 6.07) is 5.80. The Bertz CT molecular complexity index is 642. The average Bonchev–Trinajstić information content (AvgIpc) is 2.72. The first-order valence-corrected chi connectivity index (χ1v) is 9.99. The first kappa shape index (κ1) is 21.9. The van der Waals surface area contributed by atoms with E-state index in [1.54, 1.807) is 19.1 Å². The van der Waals surface area contributed by atoms with Crippen molar-refractivity contribution >= 4 is 12.0 Å². The summed E-state index contributed by atoms with van der Waals surface area (Å²) in [5, 5.41) is 3.08. The zero-order chi connectivity index (χ0) is 20.4. The highest BCUT2D eigenvalue weighted by Crippen LogP contribution is 2.28. The molecule has 2 amide bonds. The summed E-state index contributed by atoms with van der Waals surface area (Å²) < 4.78 is 15.8. The number of hydrogen-bond acceptors (Lipinski definition) is 5. The SMILES string of the molecule is CCCCOC(=O)N1CCC(NC(=O)CCc2ccc(OC)c(OC)c2)CC1. The Morgan fingerprint density at radius 2 is 1.86 bits per heavy atom. The predicted molar refractivity (Wildman–Crippen MR) is 107 cm³/mol. The maximum Gasteiger partial charge on any atom is 0.409 e. The van der Waals surface area contributed by atoms with E-state index in [0.717, 1.165) is 31.2 Å². The molecule has 2 rings (SSSR count). The summed E-state index contributed by atoms with van der Waals surface area (Å²) in [7, 11) is 3.20. The molecule has 0 radical (unpaired) electrons. The molecule has 0 unspecified atom stereocenters. The second-order valence-electron chi connectivity index (χ2n) is 6.99. The number of ether oxygens (including phenoxy) is 3. The second-order valence-corrected chi connectivity index (χ2v) is 6.99. The molecule has 0 spiro atoms. The van der Waals surface area contributed by atoms with E-state index in [1.165, 1.54) is 0 Å². The van der Waals surface area contributed by atoms with Crippen LogP contribution < -0.4 is 14.8 Å². The summed E-state index contributed by atoms with van der Waals surface area (Å²) in [4.78, 5) is 26.0. The molecule has 1 aromatic carbocycles. The molecule has 0 aromatic heterocycles. The smallest absolute Gasteiger partial charge is 0.409 e. The fourth-order valence-electron chi connectivity index (χ4n) is 3.20. The topological polar surface area (TPSA) is 77.1 Å². The number of piperidine rings is 1. The van der Waals surface area contributed by atoms with Gasteiger partial charge in [0.15, 0.2) is 11.5 Å². The van der Waals surface area contributed by atoms with Gasteiger partial charge in [-0.2, -0.15) is 0 Å². The lowest BCUT2D eigenvalue weighted by molar-refractivity contribution is -0.122. The Kier molecular flexibility index (Phi) is 8.91. The van der Waals surface area contributed by atoms with Crippen molar-refractivity contribution in [1.82, 2.24) is 10.2 Å². The molecule has 0 aliphatic carbocycles. The molecule has 0 saturated carbocycles. The van der Waals surface area contributed by atoms with E-state index in [0.29, 0.717) is 44.0 Å². The van der Waals surface area contributed by atoms with E-state index >= 15 is 0 Å². The van der Waals surface area contributed by atoms with Gasteiger partial charge in [-0.1, -0.05) is 19.4 Å². The summed E-state index contributed by atoms with van der Waals surface area (Å²) in [6.07, 6.45) is 4.20. The number of likely N-dealkylation sites (tertiary alicyclic amines) is 1. The molecule has 1 aromatic rings. The first-order chi connectivity index (χ1) is 13.6. The third-order valence-corrected chi connectivity index (χ3v) is 4.93. The summed E-state index contributed by atoms with van der Waals surface area (Å²) in [5.74, 6) is 1.37. The Labute approximate surface area is 167 Å². The highest BCUT2D eigenvalue weighted by atomic mass is 16.6. The standard InChI is InChI=1S/C21H32N2O5/c1-4-5-14-28-21(25)23-12-10-17(11-13-23)22-20(24)9-7-16-6-8-18(26-2)19(15-16)27-3/h6,8,15,17H,4-5,7,9-14H2,1-3H3,(H,22,24). The Hall–Kier alpha value is -2.44. The number of hydrogen-bond donors (Lipinski definition) is 1. The lowest BCUT2D eigenvalue weighted by Gasteiger charge is -2.31. The minimum atomic E-state index is -0.244. The molecule has 7 nitrogen and oxygen atoms in total. The van der Waals surface area contributed by atoms with Crippen molar-refractivity contribution in [3.05, 3.63) is 23.8 Å². The molecular weight excluding hydrogens is 360 g/mol. The van der Waals surface area contributed by atoms with Crippen molar-refractivity contribution in [2.24, 2.45) is 0 Å². The monoisotopic (exact) mass is 392 g/mol. The Morgan fingerprint density at radius 3 is 2.50 bits per heavy atom.